The molecule has 3 aromatic rings. The highest BCUT2D eigenvalue weighted by molar-refractivity contribution is 9.10. The van der Waals surface area contributed by atoms with Crippen LogP contribution in [0, 0.1) is 0 Å². The van der Waals surface area contributed by atoms with Crippen molar-refractivity contribution in [2.45, 2.75) is 0 Å². The normalized spacial score (nSPS) is 10.6. The van der Waals surface area contributed by atoms with Gasteiger partial charge in [-0.2, -0.15) is 15.1 Å². The van der Waals surface area contributed by atoms with Crippen LogP contribution in [0.15, 0.2) is 34.9 Å². The van der Waals surface area contributed by atoms with Crippen LogP contribution in [0.1, 0.15) is 0 Å². The molecule has 19 heavy (non-hydrogen) atoms. The van der Waals surface area contributed by atoms with E-state index in [1.165, 1.54) is 0 Å². The SMILES string of the molecule is NNc1nc(Oc2cccc(Br)c2)c2cn[nH]c2n1. The molecule has 0 spiro atoms. The van der Waals surface area contributed by atoms with Gasteiger partial charge in [0.25, 0.3) is 0 Å². The Balaban J connectivity index is 2.06. The molecule has 0 aliphatic carbocycles. The monoisotopic (exact) mass is 320 g/mol. The first-order chi connectivity index (χ1) is 9.26. The summed E-state index contributed by atoms with van der Waals surface area (Å²) in [6, 6.07) is 7.44. The molecule has 0 radical (unpaired) electrons. The number of hydrazine groups is 1. The third-order valence-corrected chi connectivity index (χ3v) is 2.91. The zero-order valence-corrected chi connectivity index (χ0v) is 11.2. The maximum absolute atomic E-state index is 5.74. The van der Waals surface area contributed by atoms with Crippen LogP contribution < -0.4 is 16.0 Å². The lowest BCUT2D eigenvalue weighted by atomic mass is 10.3. The first-order valence-corrected chi connectivity index (χ1v) is 6.17. The summed E-state index contributed by atoms with van der Waals surface area (Å²) >= 11 is 3.38. The fraction of sp³-hybridized carbons (Fsp3) is 0. The molecule has 0 saturated carbocycles. The number of nitrogens with one attached hydrogen (secondary N) is 2. The molecule has 0 saturated heterocycles. The van der Waals surface area contributed by atoms with Crippen LogP contribution in [0.25, 0.3) is 11.0 Å². The topological polar surface area (TPSA) is 102 Å². The van der Waals surface area contributed by atoms with Crippen molar-refractivity contribution in [1.82, 2.24) is 20.2 Å². The summed E-state index contributed by atoms with van der Waals surface area (Å²) in [4.78, 5) is 8.29. The molecule has 3 rings (SSSR count). The van der Waals surface area contributed by atoms with E-state index in [0.29, 0.717) is 22.7 Å². The summed E-state index contributed by atoms with van der Waals surface area (Å²) in [5.74, 6) is 6.61. The van der Waals surface area contributed by atoms with E-state index in [9.17, 15) is 0 Å². The quantitative estimate of drug-likeness (QED) is 0.505. The van der Waals surface area contributed by atoms with Crippen LogP contribution in [0.3, 0.4) is 0 Å². The van der Waals surface area contributed by atoms with Gasteiger partial charge in [0, 0.05) is 4.47 Å². The van der Waals surface area contributed by atoms with Gasteiger partial charge in [0.1, 0.15) is 11.1 Å². The highest BCUT2D eigenvalue weighted by atomic mass is 79.9. The number of fused-ring (bicyclic) bond motifs is 1. The second-order valence-electron chi connectivity index (χ2n) is 3.69. The minimum atomic E-state index is 0.252. The number of benzene rings is 1. The number of nitrogens with zero attached hydrogens (tertiary/aromatic N) is 3. The van der Waals surface area contributed by atoms with Crippen LogP contribution in [0.4, 0.5) is 5.95 Å². The van der Waals surface area contributed by atoms with Crippen LogP contribution >= 0.6 is 15.9 Å². The van der Waals surface area contributed by atoms with Crippen LogP contribution in [0.2, 0.25) is 0 Å². The highest BCUT2D eigenvalue weighted by Gasteiger charge is 2.11. The Morgan fingerprint density at radius 2 is 2.21 bits per heavy atom. The van der Waals surface area contributed by atoms with Gasteiger partial charge in [0.05, 0.1) is 6.20 Å². The Bertz CT molecular complexity index is 728. The molecular weight excluding hydrogens is 312 g/mol. The van der Waals surface area contributed by atoms with E-state index in [1.807, 2.05) is 24.3 Å². The van der Waals surface area contributed by atoms with E-state index in [1.54, 1.807) is 6.20 Å². The summed E-state index contributed by atoms with van der Waals surface area (Å²) < 4.78 is 6.65. The third-order valence-electron chi connectivity index (χ3n) is 2.41. The van der Waals surface area contributed by atoms with Gasteiger partial charge in [-0.3, -0.25) is 10.5 Å². The number of nitrogens with two attached hydrogens (primary N) is 1. The second kappa shape index (κ2) is 4.82. The van der Waals surface area contributed by atoms with E-state index in [4.69, 9.17) is 10.6 Å². The molecule has 7 nitrogen and oxygen atoms in total. The Kier molecular flexibility index (Phi) is 3.02. The number of aromatic nitrogens is 4. The van der Waals surface area contributed by atoms with Gasteiger partial charge in [-0.25, -0.2) is 5.84 Å². The lowest BCUT2D eigenvalue weighted by molar-refractivity contribution is 0.468. The molecule has 2 aromatic heterocycles. The number of ether oxygens (including phenoxy) is 1. The molecule has 0 unspecified atom stereocenters. The molecule has 0 aliphatic rings. The number of rotatable bonds is 3. The Labute approximate surface area is 116 Å². The van der Waals surface area contributed by atoms with Gasteiger partial charge in [0.2, 0.25) is 11.8 Å². The first kappa shape index (κ1) is 11.9. The number of halogens is 1. The number of hydrogen-bond acceptors (Lipinski definition) is 6. The number of nitrogen functional groups attached to an aromatic ring is 1. The molecule has 0 amide bonds. The number of H-pyrrole nitrogens is 1. The second-order valence-corrected chi connectivity index (χ2v) is 4.60. The van der Waals surface area contributed by atoms with Crippen molar-refractivity contribution >= 4 is 32.9 Å². The largest absolute Gasteiger partial charge is 0.438 e. The van der Waals surface area contributed by atoms with Crippen molar-refractivity contribution in [3.8, 4) is 11.6 Å². The Morgan fingerprint density at radius 1 is 1.32 bits per heavy atom. The zero-order chi connectivity index (χ0) is 13.2. The molecule has 0 atom stereocenters. The van der Waals surface area contributed by atoms with Crippen molar-refractivity contribution in [3.05, 3.63) is 34.9 Å². The Morgan fingerprint density at radius 3 is 3.00 bits per heavy atom. The molecule has 2 heterocycles. The number of aromatic amines is 1. The van der Waals surface area contributed by atoms with Crippen molar-refractivity contribution < 1.29 is 4.74 Å². The number of hydrogen-bond donors (Lipinski definition) is 3. The molecule has 0 fully saturated rings. The van der Waals surface area contributed by atoms with Gasteiger partial charge in [0.15, 0.2) is 5.65 Å². The lowest BCUT2D eigenvalue weighted by Gasteiger charge is -2.07. The van der Waals surface area contributed by atoms with E-state index in [-0.39, 0.29) is 5.95 Å². The molecular formula is C11H9BrN6O. The molecule has 1 aromatic carbocycles. The van der Waals surface area contributed by atoms with Crippen molar-refractivity contribution in [1.29, 1.82) is 0 Å². The minimum absolute atomic E-state index is 0.252. The molecule has 8 heteroatoms. The van der Waals surface area contributed by atoms with Crippen LogP contribution in [-0.4, -0.2) is 20.2 Å². The summed E-state index contributed by atoms with van der Waals surface area (Å²) in [5, 5.41) is 7.34. The predicted octanol–water partition coefficient (Wildman–Crippen LogP) is 2.19. The lowest BCUT2D eigenvalue weighted by Crippen LogP contribution is -2.10. The molecule has 96 valence electrons. The van der Waals surface area contributed by atoms with Crippen molar-refractivity contribution in [3.63, 3.8) is 0 Å². The van der Waals surface area contributed by atoms with Crippen molar-refractivity contribution in [2.24, 2.45) is 5.84 Å². The smallest absolute Gasteiger partial charge is 0.242 e. The first-order valence-electron chi connectivity index (χ1n) is 5.37. The third kappa shape index (κ3) is 2.35. The average Bonchev–Trinajstić information content (AvgIpc) is 2.87. The van der Waals surface area contributed by atoms with Crippen LogP contribution in [-0.2, 0) is 0 Å². The maximum atomic E-state index is 5.74. The van der Waals surface area contributed by atoms with Gasteiger partial charge in [-0.05, 0) is 18.2 Å². The fourth-order valence-corrected chi connectivity index (χ4v) is 1.97. The van der Waals surface area contributed by atoms with E-state index < -0.39 is 0 Å². The van der Waals surface area contributed by atoms with Gasteiger partial charge in [-0.15, -0.1) is 0 Å². The summed E-state index contributed by atoms with van der Waals surface area (Å²) in [6.07, 6.45) is 1.60. The molecule has 0 aliphatic heterocycles. The number of anilines is 1. The van der Waals surface area contributed by atoms with E-state index in [0.717, 1.165) is 4.47 Å². The molecule has 4 N–H and O–H groups in total. The van der Waals surface area contributed by atoms with E-state index in [2.05, 4.69) is 41.5 Å². The van der Waals surface area contributed by atoms with Crippen LogP contribution in [0.5, 0.6) is 11.6 Å². The maximum Gasteiger partial charge on any atom is 0.242 e. The average molecular weight is 321 g/mol. The highest BCUT2D eigenvalue weighted by Crippen LogP contribution is 2.28. The molecule has 0 bridgehead atoms. The van der Waals surface area contributed by atoms with Crippen molar-refractivity contribution in [2.75, 3.05) is 5.43 Å². The summed E-state index contributed by atoms with van der Waals surface area (Å²) in [7, 11) is 0. The minimum Gasteiger partial charge on any atom is -0.438 e. The Hall–Kier alpha value is -2.19. The summed E-state index contributed by atoms with van der Waals surface area (Å²) in [6.45, 7) is 0. The van der Waals surface area contributed by atoms with Gasteiger partial charge in [-0.1, -0.05) is 22.0 Å². The summed E-state index contributed by atoms with van der Waals surface area (Å²) in [5.41, 5.74) is 2.94. The van der Waals surface area contributed by atoms with Gasteiger partial charge < -0.3 is 4.74 Å². The standard InChI is InChI=1S/C11H9BrN6O/c12-6-2-1-3-7(4-6)19-10-8-5-14-18-9(8)15-11(16-10)17-13/h1-5H,13H2,(H2,14,15,16,17,18). The predicted molar refractivity (Wildman–Crippen MR) is 73.7 cm³/mol. The van der Waals surface area contributed by atoms with E-state index >= 15 is 0 Å². The zero-order valence-electron chi connectivity index (χ0n) is 9.59. The fourth-order valence-electron chi connectivity index (χ4n) is 1.59. The van der Waals surface area contributed by atoms with Gasteiger partial charge >= 0.3 is 0 Å².